The fourth-order valence-corrected chi connectivity index (χ4v) is 6.14. The first-order chi connectivity index (χ1) is 26.8. The molecule has 3 N–H and O–H groups in total. The molecule has 0 aliphatic heterocycles. The Balaban J connectivity index is 4.32. The Hall–Kier alpha value is -2.55. The number of ether oxygens (including phenoxy) is 2. The van der Waals surface area contributed by atoms with Gasteiger partial charge < -0.3 is 20.1 Å². The van der Waals surface area contributed by atoms with Crippen molar-refractivity contribution in [2.45, 2.75) is 174 Å². The molecule has 0 bridgehead atoms. The fraction of sp³-hybridized carbons (Fsp3) is 0.689. The smallest absolute Gasteiger partial charge is 0.462 e. The molecule has 0 saturated heterocycles. The highest BCUT2D eigenvalue weighted by Gasteiger charge is 2.25. The number of esters is 2. The van der Waals surface area contributed by atoms with Crippen molar-refractivity contribution in [2.75, 3.05) is 26.4 Å². The van der Waals surface area contributed by atoms with E-state index in [0.717, 1.165) is 51.4 Å². The summed E-state index contributed by atoms with van der Waals surface area (Å²) in [6.07, 6.45) is 49.5. The van der Waals surface area contributed by atoms with Crippen molar-refractivity contribution in [1.82, 2.24) is 0 Å². The average Bonchev–Trinajstić information content (AvgIpc) is 3.17. The Labute approximate surface area is 335 Å². The van der Waals surface area contributed by atoms with Crippen molar-refractivity contribution >= 4 is 19.8 Å². The summed E-state index contributed by atoms with van der Waals surface area (Å²) in [7, 11) is -4.40. The number of carbonyl (C=O) groups excluding carboxylic acids is 2. The van der Waals surface area contributed by atoms with Gasteiger partial charge in [-0.2, -0.15) is 0 Å². The molecule has 0 amide bonds. The van der Waals surface area contributed by atoms with Crippen LogP contribution in [-0.4, -0.2) is 49.3 Å². The van der Waals surface area contributed by atoms with Gasteiger partial charge in [0.05, 0.1) is 13.2 Å². The summed E-state index contributed by atoms with van der Waals surface area (Å²) in [5.74, 6) is -0.948. The zero-order valence-corrected chi connectivity index (χ0v) is 35.5. The van der Waals surface area contributed by atoms with Crippen LogP contribution in [0.1, 0.15) is 168 Å². The van der Waals surface area contributed by atoms with E-state index in [1.165, 1.54) is 77.0 Å². The quantitative estimate of drug-likeness (QED) is 0.0270. The number of unbranched alkanes of at least 4 members (excludes halogenated alkanes) is 14. The van der Waals surface area contributed by atoms with E-state index >= 15 is 0 Å². The van der Waals surface area contributed by atoms with E-state index in [2.05, 4.69) is 74.6 Å². The van der Waals surface area contributed by atoms with Gasteiger partial charge in [0.25, 0.3) is 0 Å². The van der Waals surface area contributed by atoms with Crippen LogP contribution in [0.3, 0.4) is 0 Å². The number of allylic oxidation sites excluding steroid dienone is 12. The summed E-state index contributed by atoms with van der Waals surface area (Å²) in [6, 6.07) is 0. The van der Waals surface area contributed by atoms with Crippen molar-refractivity contribution in [3.05, 3.63) is 72.9 Å². The summed E-state index contributed by atoms with van der Waals surface area (Å²) in [5.41, 5.74) is 5.34. The van der Waals surface area contributed by atoms with Gasteiger partial charge in [0.2, 0.25) is 0 Å². The average molecular weight is 792 g/mol. The first-order valence-electron chi connectivity index (χ1n) is 21.4. The summed E-state index contributed by atoms with van der Waals surface area (Å²) in [6.45, 7) is 3.58. The lowest BCUT2D eigenvalue weighted by molar-refractivity contribution is -0.161. The second-order valence-electron chi connectivity index (χ2n) is 13.8. The Morgan fingerprint density at radius 3 is 1.53 bits per heavy atom. The molecule has 0 saturated carbocycles. The highest BCUT2D eigenvalue weighted by Crippen LogP contribution is 2.43. The number of hydrogen-bond donors (Lipinski definition) is 2. The molecule has 55 heavy (non-hydrogen) atoms. The molecule has 1 unspecified atom stereocenters. The molecule has 0 fully saturated rings. The SMILES string of the molecule is CCCCC/C=C/C/C=C/C/C=C/C/C=C/C/C=C/CCC(=O)OC[C@H](COP(=O)(O)OCCN)OC(=O)CCCCC/C=C/CCCCCCCCCC. The first kappa shape index (κ1) is 52.5. The molecule has 316 valence electrons. The predicted octanol–water partition coefficient (Wildman–Crippen LogP) is 12.3. The minimum atomic E-state index is -4.40. The zero-order chi connectivity index (χ0) is 40.3. The number of carbonyl (C=O) groups is 2. The van der Waals surface area contributed by atoms with Gasteiger partial charge in [-0.3, -0.25) is 18.6 Å². The van der Waals surface area contributed by atoms with Gasteiger partial charge in [-0.05, 0) is 77.0 Å². The molecular formula is C45H78NO8P. The molecule has 0 aromatic rings. The predicted molar refractivity (Wildman–Crippen MR) is 229 cm³/mol. The molecule has 9 nitrogen and oxygen atoms in total. The highest BCUT2D eigenvalue weighted by molar-refractivity contribution is 7.47. The highest BCUT2D eigenvalue weighted by atomic mass is 31.2. The second kappa shape index (κ2) is 41.1. The molecule has 0 aromatic heterocycles. The Morgan fingerprint density at radius 2 is 0.982 bits per heavy atom. The maximum atomic E-state index is 12.6. The molecule has 0 rings (SSSR count). The van der Waals surface area contributed by atoms with Crippen LogP contribution in [-0.2, 0) is 32.7 Å². The lowest BCUT2D eigenvalue weighted by atomic mass is 10.1. The van der Waals surface area contributed by atoms with Crippen molar-refractivity contribution in [1.29, 1.82) is 0 Å². The van der Waals surface area contributed by atoms with E-state index in [1.54, 1.807) is 0 Å². The number of phosphoric acid groups is 1. The van der Waals surface area contributed by atoms with Crippen molar-refractivity contribution in [2.24, 2.45) is 5.73 Å². The lowest BCUT2D eigenvalue weighted by Gasteiger charge is -2.19. The van der Waals surface area contributed by atoms with Gasteiger partial charge in [-0.15, -0.1) is 0 Å². The molecular weight excluding hydrogens is 713 g/mol. The fourth-order valence-electron chi connectivity index (χ4n) is 5.37. The van der Waals surface area contributed by atoms with Crippen LogP contribution in [0.15, 0.2) is 72.9 Å². The van der Waals surface area contributed by atoms with E-state index in [9.17, 15) is 19.0 Å². The van der Waals surface area contributed by atoms with Gasteiger partial charge in [0.15, 0.2) is 6.10 Å². The third-order valence-corrected chi connectivity index (χ3v) is 9.56. The van der Waals surface area contributed by atoms with E-state index < -0.39 is 32.5 Å². The molecule has 0 aromatic carbocycles. The second-order valence-corrected chi connectivity index (χ2v) is 15.3. The summed E-state index contributed by atoms with van der Waals surface area (Å²) >= 11 is 0. The van der Waals surface area contributed by atoms with E-state index in [0.29, 0.717) is 12.8 Å². The summed E-state index contributed by atoms with van der Waals surface area (Å²) < 4.78 is 32.6. The maximum absolute atomic E-state index is 12.6. The van der Waals surface area contributed by atoms with Crippen LogP contribution in [0, 0.1) is 0 Å². The number of phosphoric ester groups is 1. The largest absolute Gasteiger partial charge is 0.472 e. The van der Waals surface area contributed by atoms with Crippen molar-refractivity contribution < 1.29 is 37.6 Å². The van der Waals surface area contributed by atoms with Crippen LogP contribution in [0.2, 0.25) is 0 Å². The third-order valence-electron chi connectivity index (χ3n) is 8.58. The van der Waals surface area contributed by atoms with Crippen LogP contribution < -0.4 is 5.73 Å². The van der Waals surface area contributed by atoms with E-state index in [-0.39, 0.29) is 32.6 Å². The third kappa shape index (κ3) is 40.9. The zero-order valence-electron chi connectivity index (χ0n) is 34.6. The Morgan fingerprint density at radius 1 is 0.545 bits per heavy atom. The van der Waals surface area contributed by atoms with Crippen LogP contribution in [0.25, 0.3) is 0 Å². The molecule has 0 aliphatic rings. The van der Waals surface area contributed by atoms with Gasteiger partial charge in [-0.1, -0.05) is 151 Å². The summed E-state index contributed by atoms with van der Waals surface area (Å²) in [5, 5.41) is 0. The lowest BCUT2D eigenvalue weighted by Crippen LogP contribution is -2.29. The number of nitrogens with two attached hydrogens (primary N) is 1. The normalized spacial score (nSPS) is 14.0. The van der Waals surface area contributed by atoms with Gasteiger partial charge in [0.1, 0.15) is 6.61 Å². The number of rotatable bonds is 39. The van der Waals surface area contributed by atoms with Gasteiger partial charge >= 0.3 is 19.8 Å². The maximum Gasteiger partial charge on any atom is 0.472 e. The molecule has 10 heteroatoms. The minimum Gasteiger partial charge on any atom is -0.462 e. The minimum absolute atomic E-state index is 0.0387. The van der Waals surface area contributed by atoms with Gasteiger partial charge in [0, 0.05) is 19.4 Å². The Kier molecular flexibility index (Phi) is 39.2. The van der Waals surface area contributed by atoms with Gasteiger partial charge in [-0.25, -0.2) is 4.57 Å². The Bertz CT molecular complexity index is 1130. The van der Waals surface area contributed by atoms with E-state index in [4.69, 9.17) is 24.3 Å². The first-order valence-corrected chi connectivity index (χ1v) is 22.9. The summed E-state index contributed by atoms with van der Waals surface area (Å²) in [4.78, 5) is 34.8. The number of hydrogen-bond acceptors (Lipinski definition) is 8. The van der Waals surface area contributed by atoms with E-state index in [1.807, 2.05) is 12.2 Å². The standard InChI is InChI=1S/C45H78NO8P/c1-3-5-7-9-11-13-15-17-19-20-21-22-24-25-27-29-31-33-35-37-44(47)51-41-43(42-53-55(49,50)52-40-39-46)54-45(48)38-36-34-32-30-28-26-23-18-16-14-12-10-8-6-4-2/h11,13,17,19,21-22,25-28,31,33,43H,3-10,12,14-16,18,20,23-24,29-30,32,34-42,46H2,1-2H3,(H,49,50)/b13-11+,19-17+,22-21+,27-25+,28-26+,33-31+/t43-/m1/s1. The van der Waals surface area contributed by atoms with Crippen molar-refractivity contribution in [3.63, 3.8) is 0 Å². The topological polar surface area (TPSA) is 134 Å². The van der Waals surface area contributed by atoms with Crippen LogP contribution in [0.5, 0.6) is 0 Å². The molecule has 0 aliphatic carbocycles. The monoisotopic (exact) mass is 792 g/mol. The van der Waals surface area contributed by atoms with Crippen LogP contribution >= 0.6 is 7.82 Å². The molecule has 2 atom stereocenters. The molecule has 0 spiro atoms. The van der Waals surface area contributed by atoms with Crippen molar-refractivity contribution in [3.8, 4) is 0 Å². The van der Waals surface area contributed by atoms with Crippen LogP contribution in [0.4, 0.5) is 0 Å². The molecule has 0 radical (unpaired) electrons. The molecule has 0 heterocycles.